The highest BCUT2D eigenvalue weighted by Gasteiger charge is 2.09. The molecule has 0 amide bonds. The lowest BCUT2D eigenvalue weighted by atomic mass is 10.1. The van der Waals surface area contributed by atoms with Gasteiger partial charge >= 0.3 is 0 Å². The first kappa shape index (κ1) is 12.7. The second kappa shape index (κ2) is 5.07. The minimum atomic E-state index is -0.266. The Morgan fingerprint density at radius 3 is 2.45 bits per heavy atom. The molecule has 4 rings (SSSR count). The standard InChI is InChI=1S/C18H12FN3/c19-16-8-4-7-14(9-16)17-11-21-22-12-15(10-20-18(17)22)13-5-2-1-3-6-13/h1-12H. The fraction of sp³-hybridized carbons (Fsp3) is 0. The van der Waals surface area contributed by atoms with E-state index in [0.717, 1.165) is 22.3 Å². The summed E-state index contributed by atoms with van der Waals surface area (Å²) in [6.07, 6.45) is 5.46. The molecule has 0 N–H and O–H groups in total. The lowest BCUT2D eigenvalue weighted by Gasteiger charge is -2.03. The van der Waals surface area contributed by atoms with Gasteiger partial charge in [-0.1, -0.05) is 42.5 Å². The maximum atomic E-state index is 13.4. The van der Waals surface area contributed by atoms with Gasteiger partial charge in [0.05, 0.1) is 6.20 Å². The van der Waals surface area contributed by atoms with Crippen molar-refractivity contribution in [2.45, 2.75) is 0 Å². The Hall–Kier alpha value is -3.01. The van der Waals surface area contributed by atoms with E-state index >= 15 is 0 Å². The topological polar surface area (TPSA) is 30.2 Å². The second-order valence-electron chi connectivity index (χ2n) is 5.05. The minimum absolute atomic E-state index is 0.266. The summed E-state index contributed by atoms with van der Waals surface area (Å²) in [5, 5.41) is 4.34. The first-order valence-electron chi connectivity index (χ1n) is 6.96. The SMILES string of the molecule is Fc1cccc(-c2cnn3cc(-c4ccccc4)cnc23)c1. The molecule has 0 aliphatic heterocycles. The van der Waals surface area contributed by atoms with Crippen LogP contribution in [0.5, 0.6) is 0 Å². The molecule has 0 spiro atoms. The highest BCUT2D eigenvalue weighted by Crippen LogP contribution is 2.25. The van der Waals surface area contributed by atoms with E-state index in [-0.39, 0.29) is 5.82 Å². The lowest BCUT2D eigenvalue weighted by Crippen LogP contribution is -1.92. The molecule has 0 radical (unpaired) electrons. The molecule has 0 bridgehead atoms. The van der Waals surface area contributed by atoms with Crippen molar-refractivity contribution >= 4 is 5.65 Å². The number of hydrogen-bond acceptors (Lipinski definition) is 2. The summed E-state index contributed by atoms with van der Waals surface area (Å²) in [6, 6.07) is 16.5. The number of benzene rings is 2. The van der Waals surface area contributed by atoms with Crippen LogP contribution in [0.25, 0.3) is 27.9 Å². The molecule has 2 aromatic heterocycles. The van der Waals surface area contributed by atoms with Crippen molar-refractivity contribution < 1.29 is 4.39 Å². The number of halogens is 1. The first-order valence-corrected chi connectivity index (χ1v) is 6.96. The van der Waals surface area contributed by atoms with Gasteiger partial charge in [-0.3, -0.25) is 0 Å². The molecular weight excluding hydrogens is 277 g/mol. The van der Waals surface area contributed by atoms with Crippen LogP contribution in [0.3, 0.4) is 0 Å². The molecule has 106 valence electrons. The third kappa shape index (κ3) is 2.15. The summed E-state index contributed by atoms with van der Waals surface area (Å²) in [5.74, 6) is -0.266. The van der Waals surface area contributed by atoms with Crippen LogP contribution in [-0.4, -0.2) is 14.6 Å². The normalized spacial score (nSPS) is 11.0. The van der Waals surface area contributed by atoms with Crippen molar-refractivity contribution in [2.75, 3.05) is 0 Å². The molecule has 2 heterocycles. The van der Waals surface area contributed by atoms with Crippen LogP contribution in [0, 0.1) is 5.82 Å². The highest BCUT2D eigenvalue weighted by atomic mass is 19.1. The number of aromatic nitrogens is 3. The van der Waals surface area contributed by atoms with Crippen molar-refractivity contribution in [2.24, 2.45) is 0 Å². The zero-order valence-electron chi connectivity index (χ0n) is 11.6. The van der Waals surface area contributed by atoms with Gasteiger partial charge in [-0.2, -0.15) is 5.10 Å². The zero-order chi connectivity index (χ0) is 14.9. The Balaban J connectivity index is 1.84. The Morgan fingerprint density at radius 1 is 0.818 bits per heavy atom. The summed E-state index contributed by atoms with van der Waals surface area (Å²) in [6.45, 7) is 0. The van der Waals surface area contributed by atoms with Gasteiger partial charge < -0.3 is 0 Å². The van der Waals surface area contributed by atoms with Gasteiger partial charge in [0.15, 0.2) is 5.65 Å². The summed E-state index contributed by atoms with van der Waals surface area (Å²) in [5.41, 5.74) is 4.38. The highest BCUT2D eigenvalue weighted by molar-refractivity contribution is 5.77. The Labute approximate surface area is 126 Å². The van der Waals surface area contributed by atoms with Crippen LogP contribution >= 0.6 is 0 Å². The molecule has 0 saturated heterocycles. The number of hydrogen-bond donors (Lipinski definition) is 0. The minimum Gasteiger partial charge on any atom is -0.236 e. The monoisotopic (exact) mass is 289 g/mol. The Bertz CT molecular complexity index is 945. The molecule has 0 aliphatic carbocycles. The average molecular weight is 289 g/mol. The second-order valence-corrected chi connectivity index (χ2v) is 5.05. The van der Waals surface area contributed by atoms with Crippen molar-refractivity contribution in [1.29, 1.82) is 0 Å². The van der Waals surface area contributed by atoms with Crippen molar-refractivity contribution in [3.05, 3.63) is 79.0 Å². The van der Waals surface area contributed by atoms with E-state index in [0.29, 0.717) is 5.65 Å². The van der Waals surface area contributed by atoms with Gasteiger partial charge in [0.25, 0.3) is 0 Å². The molecule has 0 aliphatic rings. The summed E-state index contributed by atoms with van der Waals surface area (Å²) in [4.78, 5) is 4.50. The molecule has 4 heteroatoms. The summed E-state index contributed by atoms with van der Waals surface area (Å²) < 4.78 is 15.1. The van der Waals surface area contributed by atoms with Crippen molar-refractivity contribution in [1.82, 2.24) is 14.6 Å². The fourth-order valence-electron chi connectivity index (χ4n) is 2.51. The molecule has 4 aromatic rings. The van der Waals surface area contributed by atoms with Crippen LogP contribution < -0.4 is 0 Å². The third-order valence-corrected chi connectivity index (χ3v) is 3.60. The van der Waals surface area contributed by atoms with E-state index in [1.54, 1.807) is 16.8 Å². The van der Waals surface area contributed by atoms with Crippen LogP contribution in [-0.2, 0) is 0 Å². The predicted octanol–water partition coefficient (Wildman–Crippen LogP) is 4.20. The van der Waals surface area contributed by atoms with Gasteiger partial charge in [0.1, 0.15) is 5.82 Å². The number of fused-ring (bicyclic) bond motifs is 1. The smallest absolute Gasteiger partial charge is 0.162 e. The predicted molar refractivity (Wildman–Crippen MR) is 83.8 cm³/mol. The molecule has 22 heavy (non-hydrogen) atoms. The molecule has 0 saturated carbocycles. The van der Waals surface area contributed by atoms with Crippen LogP contribution in [0.2, 0.25) is 0 Å². The van der Waals surface area contributed by atoms with Crippen molar-refractivity contribution in [3.63, 3.8) is 0 Å². The average Bonchev–Trinajstić information content (AvgIpc) is 2.99. The van der Waals surface area contributed by atoms with Crippen LogP contribution in [0.1, 0.15) is 0 Å². The zero-order valence-corrected chi connectivity index (χ0v) is 11.6. The molecule has 0 atom stereocenters. The summed E-state index contributed by atoms with van der Waals surface area (Å²) in [7, 11) is 0. The van der Waals surface area contributed by atoms with Crippen molar-refractivity contribution in [3.8, 4) is 22.3 Å². The largest absolute Gasteiger partial charge is 0.236 e. The Morgan fingerprint density at radius 2 is 1.64 bits per heavy atom. The Kier molecular flexibility index (Phi) is 2.93. The van der Waals surface area contributed by atoms with Crippen LogP contribution in [0.15, 0.2) is 73.2 Å². The van der Waals surface area contributed by atoms with E-state index in [9.17, 15) is 4.39 Å². The van der Waals surface area contributed by atoms with Crippen LogP contribution in [0.4, 0.5) is 4.39 Å². The third-order valence-electron chi connectivity index (χ3n) is 3.60. The van der Waals surface area contributed by atoms with E-state index in [1.807, 2.05) is 48.8 Å². The maximum absolute atomic E-state index is 13.4. The van der Waals surface area contributed by atoms with E-state index in [2.05, 4.69) is 10.1 Å². The van der Waals surface area contributed by atoms with E-state index in [1.165, 1.54) is 12.1 Å². The van der Waals surface area contributed by atoms with Gasteiger partial charge in [0.2, 0.25) is 0 Å². The number of nitrogens with zero attached hydrogens (tertiary/aromatic N) is 3. The van der Waals surface area contributed by atoms with Gasteiger partial charge in [-0.05, 0) is 23.3 Å². The van der Waals surface area contributed by atoms with Gasteiger partial charge in [0, 0.05) is 23.5 Å². The first-order chi connectivity index (χ1) is 10.8. The van der Waals surface area contributed by atoms with Gasteiger partial charge in [-0.25, -0.2) is 13.9 Å². The molecule has 0 unspecified atom stereocenters. The molecule has 2 aromatic carbocycles. The molecule has 3 nitrogen and oxygen atoms in total. The summed E-state index contributed by atoms with van der Waals surface area (Å²) >= 11 is 0. The number of rotatable bonds is 2. The fourth-order valence-corrected chi connectivity index (χ4v) is 2.51. The quantitative estimate of drug-likeness (QED) is 0.553. The van der Waals surface area contributed by atoms with E-state index in [4.69, 9.17) is 0 Å². The lowest BCUT2D eigenvalue weighted by molar-refractivity contribution is 0.628. The van der Waals surface area contributed by atoms with E-state index < -0.39 is 0 Å². The molecular formula is C18H12FN3. The van der Waals surface area contributed by atoms with Gasteiger partial charge in [-0.15, -0.1) is 0 Å². The molecule has 0 fully saturated rings. The maximum Gasteiger partial charge on any atom is 0.162 e.